The molecule has 0 saturated carbocycles. The number of hydrogen-bond acceptors (Lipinski definition) is 1. The van der Waals surface area contributed by atoms with Crippen LogP contribution in [0.15, 0.2) is 4.85 Å². The Kier molecular flexibility index (Phi) is 21.2. The van der Waals surface area contributed by atoms with E-state index in [0.717, 1.165) is 0 Å². The van der Waals surface area contributed by atoms with Crippen molar-refractivity contribution in [1.29, 1.82) is 0 Å². The van der Waals surface area contributed by atoms with Gasteiger partial charge in [0.25, 0.3) is 0 Å². The molecule has 0 bridgehead atoms. The van der Waals surface area contributed by atoms with Gasteiger partial charge in [0.15, 0.2) is 0 Å². The van der Waals surface area contributed by atoms with Crippen LogP contribution in [0.3, 0.4) is 0 Å². The molecule has 4 heavy (non-hydrogen) atoms. The predicted octanol–water partition coefficient (Wildman–Crippen LogP) is 0.184. The van der Waals surface area contributed by atoms with Gasteiger partial charge in [-0.05, 0) is 0 Å². The summed E-state index contributed by atoms with van der Waals surface area (Å²) >= 11 is 0. The number of hydrogen-bond donors (Lipinski definition) is 1. The van der Waals surface area contributed by atoms with Gasteiger partial charge in [0.2, 0.25) is 0 Å². The summed E-state index contributed by atoms with van der Waals surface area (Å²) in [6.45, 7) is 0. The Balaban J connectivity index is 0. The zero-order chi connectivity index (χ0) is 2.71. The van der Waals surface area contributed by atoms with E-state index in [1.54, 1.807) is 0 Å². The van der Waals surface area contributed by atoms with Gasteiger partial charge in [-0.25, -0.2) is 5.84 Å². The maximum atomic E-state index is 4.39. The van der Waals surface area contributed by atoms with E-state index in [1.165, 1.54) is 0 Å². The minimum Gasteiger partial charge on any atom is -0.224 e. The molecule has 0 radical (unpaired) electrons. The average molecular weight is 121 g/mol. The van der Waals surface area contributed by atoms with Gasteiger partial charge >= 0.3 is 0 Å². The second kappa shape index (κ2) is 9.60. The standard InChI is InChI=1S/H3N2P.Ni/c1-2-3;/h3H,1H2;. The van der Waals surface area contributed by atoms with E-state index in [-0.39, 0.29) is 16.5 Å². The van der Waals surface area contributed by atoms with Crippen LogP contribution in [0.25, 0.3) is 0 Å². The zero-order valence-corrected chi connectivity index (χ0v) is 3.83. The Bertz CT molecular complexity index is 13.5. The van der Waals surface area contributed by atoms with Gasteiger partial charge in [0, 0.05) is 25.5 Å². The summed E-state index contributed by atoms with van der Waals surface area (Å²) in [5.41, 5.74) is 0. The third kappa shape index (κ3) is 20.1. The van der Waals surface area contributed by atoms with E-state index >= 15 is 0 Å². The minimum absolute atomic E-state index is 0. The number of nitrogens with two attached hydrogens (primary N) is 1. The molecular formula is H3N2NiP. The summed E-state index contributed by atoms with van der Waals surface area (Å²) in [6.07, 6.45) is 0. The first-order valence-electron chi connectivity index (χ1n) is 0.482. The Hall–Kier alpha value is 0.554. The van der Waals surface area contributed by atoms with Gasteiger partial charge in [0.1, 0.15) is 0 Å². The van der Waals surface area contributed by atoms with Crippen molar-refractivity contribution < 1.29 is 16.5 Å². The minimum atomic E-state index is 0. The van der Waals surface area contributed by atoms with Crippen molar-refractivity contribution in [2.75, 3.05) is 0 Å². The van der Waals surface area contributed by atoms with Crippen LogP contribution in [-0.2, 0) is 16.5 Å². The Morgan fingerprint density at radius 1 is 1.75 bits per heavy atom. The maximum absolute atomic E-state index is 4.39. The molecule has 0 amide bonds. The van der Waals surface area contributed by atoms with E-state index in [9.17, 15) is 0 Å². The third-order valence-corrected chi connectivity index (χ3v) is 0. The summed E-state index contributed by atoms with van der Waals surface area (Å²) in [5.74, 6) is 4.39. The fourth-order valence-corrected chi connectivity index (χ4v) is 0. The van der Waals surface area contributed by atoms with E-state index < -0.39 is 0 Å². The van der Waals surface area contributed by atoms with Gasteiger partial charge in [-0.2, -0.15) is 4.85 Å². The normalized spacial score (nSPS) is 3.25. The Labute approximate surface area is 37.0 Å². The molecule has 2 nitrogen and oxygen atoms in total. The summed E-state index contributed by atoms with van der Waals surface area (Å²) < 4.78 is 0. The molecule has 0 aromatic rings. The van der Waals surface area contributed by atoms with Crippen molar-refractivity contribution in [3.8, 4) is 0 Å². The van der Waals surface area contributed by atoms with E-state index in [2.05, 4.69) is 19.7 Å². The SMILES string of the molecule is NN=P.[Ni]. The van der Waals surface area contributed by atoms with Gasteiger partial charge in [-0.3, -0.25) is 0 Å². The predicted molar refractivity (Wildman–Crippen MR) is 14.9 cm³/mol. The van der Waals surface area contributed by atoms with Crippen LogP contribution in [0.4, 0.5) is 0 Å². The molecule has 0 unspecified atom stereocenters. The first-order chi connectivity index (χ1) is 1.41. The molecule has 2 N–H and O–H groups in total. The van der Waals surface area contributed by atoms with Gasteiger partial charge < -0.3 is 0 Å². The van der Waals surface area contributed by atoms with Crippen LogP contribution in [0, 0.1) is 0 Å². The monoisotopic (exact) mass is 120 g/mol. The molecule has 0 fully saturated rings. The molecule has 0 aliphatic rings. The molecule has 0 aliphatic carbocycles. The van der Waals surface area contributed by atoms with Crippen LogP contribution in [0.1, 0.15) is 0 Å². The van der Waals surface area contributed by atoms with Gasteiger partial charge in [-0.1, -0.05) is 0 Å². The smallest absolute Gasteiger partial charge is 0.00806 e. The van der Waals surface area contributed by atoms with Crippen molar-refractivity contribution in [3.63, 3.8) is 0 Å². The van der Waals surface area contributed by atoms with Crippen molar-refractivity contribution >= 4 is 9.03 Å². The molecule has 0 rings (SSSR count). The van der Waals surface area contributed by atoms with Crippen molar-refractivity contribution in [3.05, 3.63) is 0 Å². The fourth-order valence-electron chi connectivity index (χ4n) is 0. The average Bonchev–Trinajstić information content (AvgIpc) is 0.918. The van der Waals surface area contributed by atoms with E-state index in [1.807, 2.05) is 0 Å². The molecule has 0 aliphatic heterocycles. The zero-order valence-electron chi connectivity index (χ0n) is 1.84. The molecular weight excluding hydrogens is 118 g/mol. The molecule has 0 heterocycles. The van der Waals surface area contributed by atoms with Gasteiger partial charge in [0.05, 0.1) is 0 Å². The first-order valence-corrected chi connectivity index (χ1v) is 0.929. The molecule has 0 spiro atoms. The Morgan fingerprint density at radius 3 is 1.75 bits per heavy atom. The molecule has 0 atom stereocenters. The maximum Gasteiger partial charge on any atom is 0.00806 e. The van der Waals surface area contributed by atoms with E-state index in [4.69, 9.17) is 0 Å². The third-order valence-electron chi connectivity index (χ3n) is 0. The summed E-state index contributed by atoms with van der Waals surface area (Å²) in [4.78, 5) is 2.81. The first kappa shape index (κ1) is 8.82. The van der Waals surface area contributed by atoms with Crippen LogP contribution in [0.2, 0.25) is 0 Å². The van der Waals surface area contributed by atoms with Gasteiger partial charge in [-0.15, -0.1) is 0 Å². The quantitative estimate of drug-likeness (QED) is 0.211. The topological polar surface area (TPSA) is 38.4 Å². The molecule has 0 aromatic heterocycles. The second-order valence-electron chi connectivity index (χ2n) is 0.129. The van der Waals surface area contributed by atoms with Crippen LogP contribution in [-0.4, -0.2) is 0 Å². The summed E-state index contributed by atoms with van der Waals surface area (Å²) in [6, 6.07) is 0. The van der Waals surface area contributed by atoms with Crippen molar-refractivity contribution in [1.82, 2.24) is 0 Å². The molecule has 0 saturated heterocycles. The molecule has 4 heteroatoms. The number of nitrogens with zero attached hydrogens (tertiary/aromatic N) is 1. The van der Waals surface area contributed by atoms with Crippen LogP contribution < -0.4 is 5.84 Å². The summed E-state index contributed by atoms with van der Waals surface area (Å²) in [7, 11) is 2.59. The molecule has 0 aromatic carbocycles. The largest absolute Gasteiger partial charge is 0.224 e. The van der Waals surface area contributed by atoms with Crippen LogP contribution in [0.5, 0.6) is 0 Å². The van der Waals surface area contributed by atoms with E-state index in [0.29, 0.717) is 0 Å². The Morgan fingerprint density at radius 2 is 1.75 bits per heavy atom. The fraction of sp³-hybridized carbons (Fsp3) is 0. The number of rotatable bonds is 0. The van der Waals surface area contributed by atoms with Crippen molar-refractivity contribution in [2.45, 2.75) is 0 Å². The second-order valence-corrected chi connectivity index (χ2v) is 0.387. The van der Waals surface area contributed by atoms with Crippen molar-refractivity contribution in [2.24, 2.45) is 10.7 Å². The molecule has 28 valence electrons. The summed E-state index contributed by atoms with van der Waals surface area (Å²) in [5, 5.41) is 0. The van der Waals surface area contributed by atoms with Crippen LogP contribution >= 0.6 is 9.03 Å².